The predicted molar refractivity (Wildman–Crippen MR) is 157 cm³/mol. The van der Waals surface area contributed by atoms with Crippen LogP contribution in [-0.4, -0.2) is 69.9 Å². The van der Waals surface area contributed by atoms with Gasteiger partial charge < -0.3 is 15.1 Å². The molecule has 1 N–H and O–H groups in total. The molecule has 0 spiro atoms. The molecule has 8 nitrogen and oxygen atoms in total. The van der Waals surface area contributed by atoms with Crippen LogP contribution < -0.4 is 10.2 Å². The molecular weight excluding hydrogens is 558 g/mol. The van der Waals surface area contributed by atoms with Crippen LogP contribution in [0.5, 0.6) is 0 Å². The number of urea groups is 1. The Bertz CT molecular complexity index is 1650. The maximum absolute atomic E-state index is 13.4. The Hall–Kier alpha value is -3.62. The molecule has 3 aliphatic heterocycles. The van der Waals surface area contributed by atoms with Crippen LogP contribution in [0.15, 0.2) is 30.5 Å². The number of rotatable bonds is 5. The fraction of sp³-hybridized carbons (Fsp3) is 0.484. The number of hydrogen-bond donors (Lipinski definition) is 1. The normalized spacial score (nSPS) is 23.4. The van der Waals surface area contributed by atoms with E-state index in [4.69, 9.17) is 0 Å². The summed E-state index contributed by atoms with van der Waals surface area (Å²) in [7, 11) is 0. The van der Waals surface area contributed by atoms with Crippen LogP contribution in [0.1, 0.15) is 55.5 Å². The van der Waals surface area contributed by atoms with Crippen molar-refractivity contribution in [3.63, 3.8) is 0 Å². The van der Waals surface area contributed by atoms with Gasteiger partial charge in [0.05, 0.1) is 28.4 Å². The fourth-order valence-electron chi connectivity index (χ4n) is 7.04. The molecule has 3 aromatic rings. The lowest BCUT2D eigenvalue weighted by Gasteiger charge is -2.39. The summed E-state index contributed by atoms with van der Waals surface area (Å²) in [6.45, 7) is 6.21. The van der Waals surface area contributed by atoms with Crippen molar-refractivity contribution in [3.05, 3.63) is 46.5 Å². The van der Waals surface area contributed by atoms with Gasteiger partial charge in [-0.1, -0.05) is 0 Å². The number of nitriles is 1. The van der Waals surface area contributed by atoms with Crippen LogP contribution in [0, 0.1) is 11.3 Å². The molecule has 3 fully saturated rings. The molecule has 1 unspecified atom stereocenters. The van der Waals surface area contributed by atoms with Crippen molar-refractivity contribution in [2.75, 3.05) is 24.5 Å². The smallest absolute Gasteiger partial charge is 0.327 e. The number of carbonyl (C=O) groups is 2. The number of thiophene rings is 1. The molecule has 218 valence electrons. The van der Waals surface area contributed by atoms with E-state index in [0.717, 1.165) is 63.5 Å². The highest BCUT2D eigenvalue weighted by Crippen LogP contribution is 2.45. The second kappa shape index (κ2) is 9.71. The molecule has 1 saturated carbocycles. The Kier molecular flexibility index (Phi) is 6.29. The quantitative estimate of drug-likeness (QED) is 0.406. The van der Waals surface area contributed by atoms with Crippen LogP contribution in [0.3, 0.4) is 0 Å². The van der Waals surface area contributed by atoms with E-state index in [1.807, 2.05) is 24.3 Å². The van der Waals surface area contributed by atoms with E-state index < -0.39 is 30.8 Å². The Morgan fingerprint density at radius 2 is 1.93 bits per heavy atom. The lowest BCUT2D eigenvalue weighted by atomic mass is 9.87. The van der Waals surface area contributed by atoms with E-state index in [1.54, 1.807) is 6.20 Å². The molecule has 1 atom stereocenters. The number of nitrogens with one attached hydrogen (secondary N) is 1. The third kappa shape index (κ3) is 4.61. The molecule has 3 amide bonds. The molecular formula is C31H32F2N6O2S. The van der Waals surface area contributed by atoms with Crippen LogP contribution >= 0.6 is 11.3 Å². The Morgan fingerprint density at radius 3 is 2.64 bits per heavy atom. The van der Waals surface area contributed by atoms with Crippen LogP contribution in [0.4, 0.5) is 19.3 Å². The number of anilines is 1. The van der Waals surface area contributed by atoms with Crippen molar-refractivity contribution >= 4 is 39.2 Å². The maximum atomic E-state index is 13.4. The predicted octanol–water partition coefficient (Wildman–Crippen LogP) is 5.29. The molecule has 4 aliphatic rings. The second-order valence-corrected chi connectivity index (χ2v) is 13.8. The number of fused-ring (bicyclic) bond motifs is 2. The number of amides is 3. The van der Waals surface area contributed by atoms with Crippen LogP contribution in [0.25, 0.3) is 21.3 Å². The molecule has 1 aromatic carbocycles. The largest absolute Gasteiger partial charge is 0.366 e. The molecule has 0 radical (unpaired) electrons. The SMILES string of the molecule is CC1(C)CC(N2CCCc3cc(C#N)cc(-c4ccnc5cc(CN6C(=O)CN(C7CC(F)(F)C7)C6=O)sc45)c32)CN1. The highest BCUT2D eigenvalue weighted by molar-refractivity contribution is 7.19. The summed E-state index contributed by atoms with van der Waals surface area (Å²) >= 11 is 1.48. The van der Waals surface area contributed by atoms with Gasteiger partial charge in [0.25, 0.3) is 11.8 Å². The van der Waals surface area contributed by atoms with E-state index in [2.05, 4.69) is 35.1 Å². The number of carbonyl (C=O) groups excluding carboxylic acids is 2. The number of nitrogens with zero attached hydrogens (tertiary/aromatic N) is 5. The molecule has 7 rings (SSSR count). The number of aryl methyl sites for hydroxylation is 1. The minimum Gasteiger partial charge on any atom is -0.366 e. The van der Waals surface area contributed by atoms with E-state index in [9.17, 15) is 23.6 Å². The number of hydrogen-bond acceptors (Lipinski definition) is 7. The fourth-order valence-corrected chi connectivity index (χ4v) is 8.17. The Labute approximate surface area is 246 Å². The summed E-state index contributed by atoms with van der Waals surface area (Å²) in [6, 6.07) is 9.45. The number of alkyl halides is 2. The van der Waals surface area contributed by atoms with Gasteiger partial charge in [-0.05, 0) is 62.9 Å². The Balaban J connectivity index is 1.24. The number of halogens is 2. The molecule has 2 saturated heterocycles. The van der Waals surface area contributed by atoms with E-state index >= 15 is 0 Å². The van der Waals surface area contributed by atoms with Gasteiger partial charge in [0.2, 0.25) is 0 Å². The topological polar surface area (TPSA) is 92.6 Å². The van der Waals surface area contributed by atoms with Gasteiger partial charge in [0.15, 0.2) is 0 Å². The lowest BCUT2D eigenvalue weighted by Crippen LogP contribution is -2.52. The van der Waals surface area contributed by atoms with Gasteiger partial charge in [-0.3, -0.25) is 14.7 Å². The third-order valence-corrected chi connectivity index (χ3v) is 10.3. The summed E-state index contributed by atoms with van der Waals surface area (Å²) in [6.07, 6.45) is 3.93. The van der Waals surface area contributed by atoms with Gasteiger partial charge in [-0.15, -0.1) is 11.3 Å². The van der Waals surface area contributed by atoms with Crippen molar-refractivity contribution in [3.8, 4) is 17.2 Å². The van der Waals surface area contributed by atoms with Crippen molar-refractivity contribution in [1.29, 1.82) is 5.26 Å². The summed E-state index contributed by atoms with van der Waals surface area (Å²) in [5, 5.41) is 13.5. The summed E-state index contributed by atoms with van der Waals surface area (Å²) in [5.41, 5.74) is 5.75. The van der Waals surface area contributed by atoms with E-state index in [0.29, 0.717) is 11.6 Å². The molecule has 1 aliphatic carbocycles. The lowest BCUT2D eigenvalue weighted by molar-refractivity contribution is -0.128. The molecule has 2 aromatic heterocycles. The van der Waals surface area contributed by atoms with E-state index in [-0.39, 0.29) is 24.5 Å². The minimum atomic E-state index is -2.77. The zero-order chi connectivity index (χ0) is 29.4. The van der Waals surface area contributed by atoms with Crippen LogP contribution in [-0.2, 0) is 17.8 Å². The monoisotopic (exact) mass is 590 g/mol. The second-order valence-electron chi connectivity index (χ2n) is 12.7. The molecule has 5 heterocycles. The van der Waals surface area contributed by atoms with Crippen molar-refractivity contribution in [1.82, 2.24) is 20.1 Å². The number of aromatic nitrogens is 1. The number of pyridine rings is 1. The first-order valence-electron chi connectivity index (χ1n) is 14.5. The molecule has 11 heteroatoms. The highest BCUT2D eigenvalue weighted by atomic mass is 32.1. The van der Waals surface area contributed by atoms with Gasteiger partial charge in [0, 0.05) is 71.4 Å². The average molecular weight is 591 g/mol. The van der Waals surface area contributed by atoms with Crippen molar-refractivity contribution < 1.29 is 18.4 Å². The zero-order valence-electron chi connectivity index (χ0n) is 23.6. The summed E-state index contributed by atoms with van der Waals surface area (Å²) in [5.74, 6) is -3.14. The summed E-state index contributed by atoms with van der Waals surface area (Å²) in [4.78, 5) is 36.1. The molecule has 0 bridgehead atoms. The van der Waals surface area contributed by atoms with Gasteiger partial charge in [-0.2, -0.15) is 5.26 Å². The zero-order valence-corrected chi connectivity index (χ0v) is 24.4. The van der Waals surface area contributed by atoms with Gasteiger partial charge in [-0.25, -0.2) is 13.6 Å². The first-order valence-corrected chi connectivity index (χ1v) is 15.3. The maximum Gasteiger partial charge on any atom is 0.327 e. The van der Waals surface area contributed by atoms with Crippen molar-refractivity contribution in [2.24, 2.45) is 0 Å². The summed E-state index contributed by atoms with van der Waals surface area (Å²) < 4.78 is 27.8. The standard InChI is InChI=1S/C31H32F2N6O2S/c1-30(2)11-21(15-36-30)37-7-3-4-19-8-18(14-34)9-24(27(19)37)23-5-6-35-25-10-22(42-28(23)25)16-39-26(40)17-38(29(39)41)20-12-31(32,33)13-20/h5-6,8-10,20-21,36H,3-4,7,11-13,15-17H2,1-2H3. The van der Waals surface area contributed by atoms with E-state index in [1.165, 1.54) is 27.5 Å². The number of benzene rings is 1. The molecule has 42 heavy (non-hydrogen) atoms. The average Bonchev–Trinajstić information content (AvgIpc) is 3.61. The first kappa shape index (κ1) is 27.2. The highest BCUT2D eigenvalue weighted by Gasteiger charge is 2.52. The number of imide groups is 1. The van der Waals surface area contributed by atoms with Gasteiger partial charge in [0.1, 0.15) is 6.54 Å². The van der Waals surface area contributed by atoms with Crippen LogP contribution in [0.2, 0.25) is 0 Å². The first-order chi connectivity index (χ1) is 20.0. The van der Waals surface area contributed by atoms with Gasteiger partial charge >= 0.3 is 6.03 Å². The Morgan fingerprint density at radius 1 is 1.12 bits per heavy atom. The third-order valence-electron chi connectivity index (χ3n) is 9.11. The van der Waals surface area contributed by atoms with Crippen molar-refractivity contribution in [2.45, 2.75) is 76.0 Å². The minimum absolute atomic E-state index is 0.0567.